The number of aromatic nitrogens is 1. The maximum absolute atomic E-state index is 12.1. The molecule has 1 aromatic heterocycles. The SMILES string of the molecule is NCc1cc(N)cc(C(F)(F)F)n1. The summed E-state index contributed by atoms with van der Waals surface area (Å²) in [6, 6.07) is 2.09. The number of anilines is 1. The molecule has 0 aliphatic carbocycles. The molecule has 0 saturated heterocycles. The van der Waals surface area contributed by atoms with E-state index >= 15 is 0 Å². The van der Waals surface area contributed by atoms with Crippen molar-refractivity contribution in [2.24, 2.45) is 5.73 Å². The smallest absolute Gasteiger partial charge is 0.399 e. The third-order valence-electron chi connectivity index (χ3n) is 1.40. The number of nitrogens with two attached hydrogens (primary N) is 2. The quantitative estimate of drug-likeness (QED) is 0.699. The Bertz CT molecular complexity index is 308. The summed E-state index contributed by atoms with van der Waals surface area (Å²) in [5.74, 6) is 0. The molecular formula is C7H8F3N3. The fourth-order valence-corrected chi connectivity index (χ4v) is 0.861. The molecule has 1 rings (SSSR count). The van der Waals surface area contributed by atoms with Crippen molar-refractivity contribution in [2.75, 3.05) is 5.73 Å². The lowest BCUT2D eigenvalue weighted by Gasteiger charge is -2.07. The van der Waals surface area contributed by atoms with Crippen LogP contribution in [0.5, 0.6) is 0 Å². The van der Waals surface area contributed by atoms with Crippen molar-refractivity contribution in [2.45, 2.75) is 12.7 Å². The third-order valence-corrected chi connectivity index (χ3v) is 1.40. The van der Waals surface area contributed by atoms with E-state index in [0.29, 0.717) is 0 Å². The molecule has 0 aliphatic heterocycles. The largest absolute Gasteiger partial charge is 0.433 e. The predicted octanol–water partition coefficient (Wildman–Crippen LogP) is 1.14. The minimum atomic E-state index is -4.47. The van der Waals surface area contributed by atoms with Crippen LogP contribution in [0.2, 0.25) is 0 Å². The first-order chi connectivity index (χ1) is 5.93. The first-order valence-electron chi connectivity index (χ1n) is 3.47. The number of nitrogens with zero attached hydrogens (tertiary/aromatic N) is 1. The average molecular weight is 191 g/mol. The minimum Gasteiger partial charge on any atom is -0.399 e. The van der Waals surface area contributed by atoms with Gasteiger partial charge in [0, 0.05) is 12.2 Å². The maximum atomic E-state index is 12.1. The van der Waals surface area contributed by atoms with E-state index in [1.54, 1.807) is 0 Å². The molecule has 0 aromatic carbocycles. The molecule has 0 aliphatic rings. The summed E-state index contributed by atoms with van der Waals surface area (Å²) < 4.78 is 36.4. The number of nitrogen functional groups attached to an aromatic ring is 1. The first-order valence-corrected chi connectivity index (χ1v) is 3.47. The van der Waals surface area contributed by atoms with E-state index in [4.69, 9.17) is 11.5 Å². The van der Waals surface area contributed by atoms with Gasteiger partial charge in [0.25, 0.3) is 0 Å². The number of hydrogen-bond acceptors (Lipinski definition) is 3. The predicted molar refractivity (Wildman–Crippen MR) is 41.5 cm³/mol. The second kappa shape index (κ2) is 3.21. The molecule has 1 heterocycles. The summed E-state index contributed by atoms with van der Waals surface area (Å²) >= 11 is 0. The van der Waals surface area contributed by atoms with Gasteiger partial charge in [-0.3, -0.25) is 0 Å². The van der Waals surface area contributed by atoms with Crippen LogP contribution in [0.1, 0.15) is 11.4 Å². The summed E-state index contributed by atoms with van der Waals surface area (Å²) in [6.45, 7) is -0.0614. The van der Waals surface area contributed by atoms with Gasteiger partial charge >= 0.3 is 6.18 Å². The third kappa shape index (κ3) is 2.32. The average Bonchev–Trinajstić information content (AvgIpc) is 2.01. The Morgan fingerprint density at radius 3 is 2.38 bits per heavy atom. The second-order valence-corrected chi connectivity index (χ2v) is 2.48. The Labute approximate surface area is 72.6 Å². The molecule has 4 N–H and O–H groups in total. The maximum Gasteiger partial charge on any atom is 0.433 e. The molecule has 0 saturated carbocycles. The fraction of sp³-hybridized carbons (Fsp3) is 0.286. The van der Waals surface area contributed by atoms with Crippen LogP contribution < -0.4 is 11.5 Å². The summed E-state index contributed by atoms with van der Waals surface area (Å²) in [5.41, 5.74) is 9.52. The highest BCUT2D eigenvalue weighted by Crippen LogP contribution is 2.28. The molecule has 0 atom stereocenters. The van der Waals surface area contributed by atoms with Crippen LogP contribution in [-0.4, -0.2) is 4.98 Å². The zero-order chi connectivity index (χ0) is 10.1. The summed E-state index contributed by atoms with van der Waals surface area (Å²) in [4.78, 5) is 3.29. The van der Waals surface area contributed by atoms with Crippen molar-refractivity contribution >= 4 is 5.69 Å². The van der Waals surface area contributed by atoms with Gasteiger partial charge in [-0.25, -0.2) is 4.98 Å². The Hall–Kier alpha value is -1.30. The Morgan fingerprint density at radius 1 is 1.31 bits per heavy atom. The number of halogens is 3. The lowest BCUT2D eigenvalue weighted by atomic mass is 10.2. The van der Waals surface area contributed by atoms with Crippen LogP contribution in [0.4, 0.5) is 18.9 Å². The van der Waals surface area contributed by atoms with Gasteiger partial charge in [-0.1, -0.05) is 0 Å². The molecule has 0 unspecified atom stereocenters. The lowest BCUT2D eigenvalue weighted by Crippen LogP contribution is -2.12. The molecule has 13 heavy (non-hydrogen) atoms. The van der Waals surface area contributed by atoms with Gasteiger partial charge in [-0.2, -0.15) is 13.2 Å². The summed E-state index contributed by atoms with van der Waals surface area (Å²) in [6.07, 6.45) is -4.47. The summed E-state index contributed by atoms with van der Waals surface area (Å²) in [5, 5.41) is 0. The standard InChI is InChI=1S/C7H8F3N3/c8-7(9,10)6-2-4(12)1-5(3-11)13-6/h1-2H,3,11H2,(H2,12,13). The zero-order valence-electron chi connectivity index (χ0n) is 6.60. The van der Waals surface area contributed by atoms with Crippen LogP contribution in [0, 0.1) is 0 Å². The monoisotopic (exact) mass is 191 g/mol. The van der Waals surface area contributed by atoms with E-state index in [9.17, 15) is 13.2 Å². The van der Waals surface area contributed by atoms with Crippen LogP contribution in [0.15, 0.2) is 12.1 Å². The van der Waals surface area contributed by atoms with Crippen molar-refractivity contribution < 1.29 is 13.2 Å². The second-order valence-electron chi connectivity index (χ2n) is 2.48. The Balaban J connectivity index is 3.16. The van der Waals surface area contributed by atoms with E-state index in [0.717, 1.165) is 6.07 Å². The Morgan fingerprint density at radius 2 is 1.92 bits per heavy atom. The van der Waals surface area contributed by atoms with Gasteiger partial charge in [0.15, 0.2) is 0 Å². The molecule has 72 valence electrons. The number of alkyl halides is 3. The van der Waals surface area contributed by atoms with Crippen LogP contribution in [0.25, 0.3) is 0 Å². The summed E-state index contributed by atoms with van der Waals surface area (Å²) in [7, 11) is 0. The first kappa shape index (κ1) is 9.79. The molecule has 0 spiro atoms. The molecule has 0 fully saturated rings. The molecule has 0 bridgehead atoms. The van der Waals surface area contributed by atoms with E-state index < -0.39 is 11.9 Å². The van der Waals surface area contributed by atoms with Crippen LogP contribution in [-0.2, 0) is 12.7 Å². The number of hydrogen-bond donors (Lipinski definition) is 2. The van der Waals surface area contributed by atoms with E-state index in [1.165, 1.54) is 6.07 Å². The van der Waals surface area contributed by atoms with Gasteiger partial charge < -0.3 is 11.5 Å². The van der Waals surface area contributed by atoms with Gasteiger partial charge in [0.1, 0.15) is 5.69 Å². The highest BCUT2D eigenvalue weighted by Gasteiger charge is 2.32. The van der Waals surface area contributed by atoms with Crippen LogP contribution in [0.3, 0.4) is 0 Å². The molecule has 1 aromatic rings. The number of pyridine rings is 1. The lowest BCUT2D eigenvalue weighted by molar-refractivity contribution is -0.141. The van der Waals surface area contributed by atoms with Gasteiger partial charge in [-0.15, -0.1) is 0 Å². The molecule has 3 nitrogen and oxygen atoms in total. The van der Waals surface area contributed by atoms with Crippen molar-refractivity contribution in [3.63, 3.8) is 0 Å². The molecule has 0 radical (unpaired) electrons. The van der Waals surface area contributed by atoms with Crippen molar-refractivity contribution in [3.8, 4) is 0 Å². The van der Waals surface area contributed by atoms with E-state index in [2.05, 4.69) is 4.98 Å². The molecule has 0 amide bonds. The van der Waals surface area contributed by atoms with Gasteiger partial charge in [0.2, 0.25) is 0 Å². The zero-order valence-corrected chi connectivity index (χ0v) is 6.60. The molecular weight excluding hydrogens is 183 g/mol. The van der Waals surface area contributed by atoms with Crippen molar-refractivity contribution in [1.82, 2.24) is 4.98 Å². The minimum absolute atomic E-state index is 0.0165. The van der Waals surface area contributed by atoms with E-state index in [1.807, 2.05) is 0 Å². The topological polar surface area (TPSA) is 64.9 Å². The van der Waals surface area contributed by atoms with Crippen molar-refractivity contribution in [1.29, 1.82) is 0 Å². The number of rotatable bonds is 1. The highest BCUT2D eigenvalue weighted by molar-refractivity contribution is 5.40. The van der Waals surface area contributed by atoms with Crippen LogP contribution >= 0.6 is 0 Å². The van der Waals surface area contributed by atoms with E-state index in [-0.39, 0.29) is 17.9 Å². The van der Waals surface area contributed by atoms with Crippen molar-refractivity contribution in [3.05, 3.63) is 23.5 Å². The fourth-order valence-electron chi connectivity index (χ4n) is 0.861. The van der Waals surface area contributed by atoms with Gasteiger partial charge in [-0.05, 0) is 12.1 Å². The van der Waals surface area contributed by atoms with Gasteiger partial charge in [0.05, 0.1) is 5.69 Å². The Kier molecular flexibility index (Phi) is 2.42. The highest BCUT2D eigenvalue weighted by atomic mass is 19.4. The normalized spacial score (nSPS) is 11.7. The molecule has 6 heteroatoms.